The molecule has 0 unspecified atom stereocenters. The molecule has 4 heteroatoms. The van der Waals surface area contributed by atoms with E-state index < -0.39 is 0 Å². The smallest absolute Gasteiger partial charge is 0.251 e. The first-order valence-electron chi connectivity index (χ1n) is 5.53. The molecule has 1 saturated heterocycles. The Hall–Kier alpha value is -0.610. The van der Waals surface area contributed by atoms with E-state index in [4.69, 9.17) is 10.5 Å². The van der Waals surface area contributed by atoms with Gasteiger partial charge < -0.3 is 15.4 Å². The van der Waals surface area contributed by atoms with E-state index in [1.807, 2.05) is 7.05 Å². The second kappa shape index (κ2) is 4.94. The lowest BCUT2D eigenvalue weighted by Gasteiger charge is -2.30. The SMILES string of the molecule is CN(CC(C)(C)CN)C(=O)[C@H]1CCCO1. The van der Waals surface area contributed by atoms with Crippen LogP contribution in [0.15, 0.2) is 0 Å². The molecule has 0 saturated carbocycles. The Morgan fingerprint density at radius 1 is 1.60 bits per heavy atom. The van der Waals surface area contributed by atoms with Crippen LogP contribution in [-0.2, 0) is 9.53 Å². The Bertz CT molecular complexity index is 223. The van der Waals surface area contributed by atoms with E-state index >= 15 is 0 Å². The summed E-state index contributed by atoms with van der Waals surface area (Å²) in [5.74, 6) is 0.0917. The van der Waals surface area contributed by atoms with Crippen molar-refractivity contribution in [1.82, 2.24) is 4.90 Å². The number of rotatable bonds is 4. The van der Waals surface area contributed by atoms with Crippen LogP contribution >= 0.6 is 0 Å². The van der Waals surface area contributed by atoms with Gasteiger partial charge >= 0.3 is 0 Å². The number of nitrogens with two attached hydrogens (primary N) is 1. The second-order valence-corrected chi connectivity index (χ2v) is 5.06. The number of ether oxygens (including phenoxy) is 1. The maximum atomic E-state index is 11.9. The van der Waals surface area contributed by atoms with Gasteiger partial charge in [-0.05, 0) is 24.8 Å². The molecule has 15 heavy (non-hydrogen) atoms. The molecule has 1 rings (SSSR count). The maximum Gasteiger partial charge on any atom is 0.251 e. The van der Waals surface area contributed by atoms with Gasteiger partial charge in [-0.3, -0.25) is 4.79 Å². The fourth-order valence-corrected chi connectivity index (χ4v) is 1.80. The van der Waals surface area contributed by atoms with Gasteiger partial charge in [-0.25, -0.2) is 0 Å². The first-order chi connectivity index (χ1) is 6.96. The number of carbonyl (C=O) groups is 1. The number of hydrogen-bond donors (Lipinski definition) is 1. The molecule has 0 spiro atoms. The normalized spacial score (nSPS) is 21.7. The number of hydrogen-bond acceptors (Lipinski definition) is 3. The van der Waals surface area contributed by atoms with E-state index in [1.165, 1.54) is 0 Å². The Labute approximate surface area is 91.8 Å². The minimum atomic E-state index is -0.219. The molecule has 0 aromatic rings. The molecule has 0 radical (unpaired) electrons. The van der Waals surface area contributed by atoms with Crippen LogP contribution in [0.25, 0.3) is 0 Å². The Morgan fingerprint density at radius 3 is 2.73 bits per heavy atom. The highest BCUT2D eigenvalue weighted by Crippen LogP contribution is 2.18. The minimum Gasteiger partial charge on any atom is -0.368 e. The van der Waals surface area contributed by atoms with E-state index in [-0.39, 0.29) is 17.4 Å². The Balaban J connectivity index is 2.45. The average Bonchev–Trinajstić information content (AvgIpc) is 2.68. The zero-order chi connectivity index (χ0) is 11.5. The van der Waals surface area contributed by atoms with Gasteiger partial charge in [-0.15, -0.1) is 0 Å². The number of nitrogens with zero attached hydrogens (tertiary/aromatic N) is 1. The van der Waals surface area contributed by atoms with Crippen molar-refractivity contribution in [3.8, 4) is 0 Å². The molecule has 88 valence electrons. The van der Waals surface area contributed by atoms with Crippen LogP contribution in [0.4, 0.5) is 0 Å². The topological polar surface area (TPSA) is 55.6 Å². The van der Waals surface area contributed by atoms with Crippen LogP contribution in [0.2, 0.25) is 0 Å². The van der Waals surface area contributed by atoms with Gasteiger partial charge in [0.15, 0.2) is 0 Å². The average molecular weight is 214 g/mol. The van der Waals surface area contributed by atoms with Crippen LogP contribution in [-0.4, -0.2) is 43.7 Å². The molecule has 1 atom stereocenters. The van der Waals surface area contributed by atoms with E-state index in [0.29, 0.717) is 19.7 Å². The fourth-order valence-electron chi connectivity index (χ4n) is 1.80. The quantitative estimate of drug-likeness (QED) is 0.746. The molecule has 1 aliphatic heterocycles. The molecule has 4 nitrogen and oxygen atoms in total. The summed E-state index contributed by atoms with van der Waals surface area (Å²) in [6, 6.07) is 0. The van der Waals surface area contributed by atoms with Crippen molar-refractivity contribution >= 4 is 5.91 Å². The van der Waals surface area contributed by atoms with Gasteiger partial charge in [0.1, 0.15) is 6.10 Å². The van der Waals surface area contributed by atoms with Crippen molar-refractivity contribution in [3.05, 3.63) is 0 Å². The summed E-state index contributed by atoms with van der Waals surface area (Å²) in [7, 11) is 1.82. The van der Waals surface area contributed by atoms with Gasteiger partial charge in [0.25, 0.3) is 5.91 Å². The minimum absolute atomic E-state index is 0.0248. The van der Waals surface area contributed by atoms with E-state index in [9.17, 15) is 4.79 Å². The third kappa shape index (κ3) is 3.47. The monoisotopic (exact) mass is 214 g/mol. The Kier molecular flexibility index (Phi) is 4.11. The summed E-state index contributed by atoms with van der Waals surface area (Å²) < 4.78 is 5.36. The third-order valence-electron chi connectivity index (χ3n) is 2.80. The van der Waals surface area contributed by atoms with Crippen molar-refractivity contribution in [2.24, 2.45) is 11.1 Å². The molecule has 0 aromatic heterocycles. The van der Waals surface area contributed by atoms with Crippen molar-refractivity contribution in [3.63, 3.8) is 0 Å². The summed E-state index contributed by atoms with van der Waals surface area (Å²) in [5.41, 5.74) is 5.61. The zero-order valence-electron chi connectivity index (χ0n) is 9.95. The molecule has 1 fully saturated rings. The lowest BCUT2D eigenvalue weighted by atomic mass is 9.93. The molecule has 2 N–H and O–H groups in total. The van der Waals surface area contributed by atoms with Gasteiger partial charge in [0, 0.05) is 20.2 Å². The summed E-state index contributed by atoms with van der Waals surface area (Å²) in [4.78, 5) is 13.6. The number of carbonyl (C=O) groups excluding carboxylic acids is 1. The molecule has 1 aliphatic rings. The highest BCUT2D eigenvalue weighted by molar-refractivity contribution is 5.80. The van der Waals surface area contributed by atoms with Gasteiger partial charge in [-0.1, -0.05) is 13.8 Å². The van der Waals surface area contributed by atoms with E-state index in [2.05, 4.69) is 13.8 Å². The van der Waals surface area contributed by atoms with Crippen molar-refractivity contribution in [2.45, 2.75) is 32.8 Å². The van der Waals surface area contributed by atoms with Crippen molar-refractivity contribution in [1.29, 1.82) is 0 Å². The molecular weight excluding hydrogens is 192 g/mol. The molecule has 0 aliphatic carbocycles. The first-order valence-corrected chi connectivity index (χ1v) is 5.53. The van der Waals surface area contributed by atoms with Gasteiger partial charge in [0.2, 0.25) is 0 Å². The molecule has 0 bridgehead atoms. The van der Waals surface area contributed by atoms with Crippen LogP contribution in [0.3, 0.4) is 0 Å². The predicted octanol–water partition coefficient (Wildman–Crippen LogP) is 0.609. The largest absolute Gasteiger partial charge is 0.368 e. The maximum absolute atomic E-state index is 11.9. The van der Waals surface area contributed by atoms with Crippen LogP contribution in [0, 0.1) is 5.41 Å². The van der Waals surface area contributed by atoms with Crippen LogP contribution < -0.4 is 5.73 Å². The van der Waals surface area contributed by atoms with Crippen molar-refractivity contribution < 1.29 is 9.53 Å². The number of likely N-dealkylation sites (N-methyl/N-ethyl adjacent to an activating group) is 1. The third-order valence-corrected chi connectivity index (χ3v) is 2.80. The highest BCUT2D eigenvalue weighted by Gasteiger charge is 2.29. The van der Waals surface area contributed by atoms with Gasteiger partial charge in [0.05, 0.1) is 0 Å². The van der Waals surface area contributed by atoms with Crippen LogP contribution in [0.1, 0.15) is 26.7 Å². The number of amides is 1. The summed E-state index contributed by atoms with van der Waals surface area (Å²) in [6.45, 7) is 6.10. The lowest BCUT2D eigenvalue weighted by Crippen LogP contribution is -2.43. The Morgan fingerprint density at radius 2 is 2.27 bits per heavy atom. The summed E-state index contributed by atoms with van der Waals surface area (Å²) >= 11 is 0. The van der Waals surface area contributed by atoms with E-state index in [1.54, 1.807) is 4.90 Å². The first kappa shape index (κ1) is 12.5. The predicted molar refractivity (Wildman–Crippen MR) is 59.4 cm³/mol. The van der Waals surface area contributed by atoms with Crippen LogP contribution in [0.5, 0.6) is 0 Å². The molecule has 0 aromatic carbocycles. The summed E-state index contributed by atoms with van der Waals surface area (Å²) in [6.07, 6.45) is 1.63. The zero-order valence-corrected chi connectivity index (χ0v) is 9.95. The fraction of sp³-hybridized carbons (Fsp3) is 0.909. The molecule has 1 amide bonds. The van der Waals surface area contributed by atoms with Crippen molar-refractivity contribution in [2.75, 3.05) is 26.7 Å². The molecular formula is C11H22N2O2. The second-order valence-electron chi connectivity index (χ2n) is 5.06. The van der Waals surface area contributed by atoms with E-state index in [0.717, 1.165) is 12.8 Å². The molecule has 1 heterocycles. The summed E-state index contributed by atoms with van der Waals surface area (Å²) in [5, 5.41) is 0. The van der Waals surface area contributed by atoms with Gasteiger partial charge in [-0.2, -0.15) is 0 Å². The highest BCUT2D eigenvalue weighted by atomic mass is 16.5. The standard InChI is InChI=1S/C11H22N2O2/c1-11(2,7-12)8-13(3)10(14)9-5-4-6-15-9/h9H,4-8,12H2,1-3H3/t9-/m1/s1. The lowest BCUT2D eigenvalue weighted by molar-refractivity contribution is -0.140.